The van der Waals surface area contributed by atoms with Crippen LogP contribution in [0.25, 0.3) is 0 Å². The second-order valence-electron chi connectivity index (χ2n) is 3.15. The van der Waals surface area contributed by atoms with Crippen LogP contribution in [0, 0.1) is 6.92 Å². The zero-order valence-corrected chi connectivity index (χ0v) is 10.8. The van der Waals surface area contributed by atoms with Gasteiger partial charge in [0.05, 0.1) is 13.7 Å². The van der Waals surface area contributed by atoms with Crippen LogP contribution >= 0.6 is 22.9 Å². The number of hydrogen-bond acceptors (Lipinski definition) is 7. The van der Waals surface area contributed by atoms with E-state index in [0.29, 0.717) is 12.5 Å². The highest BCUT2D eigenvalue weighted by molar-refractivity contribution is 7.09. The lowest BCUT2D eigenvalue weighted by molar-refractivity contribution is 0.379. The van der Waals surface area contributed by atoms with E-state index in [2.05, 4.69) is 25.3 Å². The molecular formula is C9H10ClN5OS. The van der Waals surface area contributed by atoms with E-state index >= 15 is 0 Å². The molecule has 0 amide bonds. The number of nitrogens with one attached hydrogen (secondary N) is 1. The van der Waals surface area contributed by atoms with E-state index in [1.807, 2.05) is 12.3 Å². The fourth-order valence-electron chi connectivity index (χ4n) is 1.14. The second-order valence-corrected chi connectivity index (χ2v) is 4.43. The molecule has 0 aliphatic heterocycles. The van der Waals surface area contributed by atoms with Gasteiger partial charge in [-0.3, -0.25) is 0 Å². The molecule has 0 aliphatic carbocycles. The van der Waals surface area contributed by atoms with E-state index in [1.54, 1.807) is 11.3 Å². The van der Waals surface area contributed by atoms with Crippen LogP contribution in [0.15, 0.2) is 5.38 Å². The fraction of sp³-hybridized carbons (Fsp3) is 0.333. The Balaban J connectivity index is 2.05. The van der Waals surface area contributed by atoms with Crippen molar-refractivity contribution in [3.8, 4) is 6.01 Å². The number of aromatic nitrogens is 4. The summed E-state index contributed by atoms with van der Waals surface area (Å²) in [6, 6.07) is 0.183. The number of nitrogens with zero attached hydrogens (tertiary/aromatic N) is 4. The fourth-order valence-corrected chi connectivity index (χ4v) is 2.00. The zero-order chi connectivity index (χ0) is 12.3. The minimum Gasteiger partial charge on any atom is -0.467 e. The lowest BCUT2D eigenvalue weighted by Crippen LogP contribution is -2.05. The van der Waals surface area contributed by atoms with Crippen LogP contribution < -0.4 is 10.1 Å². The highest BCUT2D eigenvalue weighted by atomic mass is 35.5. The Morgan fingerprint density at radius 3 is 2.82 bits per heavy atom. The quantitative estimate of drug-likeness (QED) is 0.916. The molecule has 0 saturated heterocycles. The molecule has 17 heavy (non-hydrogen) atoms. The van der Waals surface area contributed by atoms with Crippen molar-refractivity contribution in [2.24, 2.45) is 0 Å². The van der Waals surface area contributed by atoms with Gasteiger partial charge in [0, 0.05) is 11.1 Å². The molecule has 0 saturated carbocycles. The third kappa shape index (κ3) is 3.24. The summed E-state index contributed by atoms with van der Waals surface area (Å²) >= 11 is 7.29. The second kappa shape index (κ2) is 5.24. The van der Waals surface area contributed by atoms with Gasteiger partial charge in [-0.05, 0) is 18.5 Å². The highest BCUT2D eigenvalue weighted by Crippen LogP contribution is 2.13. The van der Waals surface area contributed by atoms with Crippen molar-refractivity contribution < 1.29 is 4.74 Å². The SMILES string of the molecule is COc1nc(Cl)nc(NCc2nc(C)cs2)n1. The van der Waals surface area contributed by atoms with Gasteiger partial charge in [-0.1, -0.05) is 0 Å². The molecule has 2 aromatic heterocycles. The van der Waals surface area contributed by atoms with E-state index < -0.39 is 0 Å². The monoisotopic (exact) mass is 271 g/mol. The zero-order valence-electron chi connectivity index (χ0n) is 9.27. The van der Waals surface area contributed by atoms with Crippen molar-refractivity contribution in [1.29, 1.82) is 0 Å². The minimum atomic E-state index is 0.0923. The third-order valence-corrected chi connectivity index (χ3v) is 2.97. The van der Waals surface area contributed by atoms with Gasteiger partial charge in [-0.15, -0.1) is 11.3 Å². The number of anilines is 1. The lowest BCUT2D eigenvalue weighted by Gasteiger charge is -2.04. The molecule has 90 valence electrons. The van der Waals surface area contributed by atoms with Crippen molar-refractivity contribution in [2.75, 3.05) is 12.4 Å². The van der Waals surface area contributed by atoms with Crippen LogP contribution in [-0.2, 0) is 6.54 Å². The van der Waals surface area contributed by atoms with Crippen LogP contribution in [0.2, 0.25) is 5.28 Å². The molecule has 0 bridgehead atoms. The molecule has 1 N–H and O–H groups in total. The Bertz CT molecular complexity index is 518. The molecule has 0 unspecified atom stereocenters. The predicted octanol–water partition coefficient (Wildman–Crippen LogP) is 1.91. The number of aryl methyl sites for hydroxylation is 1. The average Bonchev–Trinajstić information content (AvgIpc) is 2.72. The maximum atomic E-state index is 5.72. The van der Waals surface area contributed by atoms with Gasteiger partial charge in [0.25, 0.3) is 0 Å². The summed E-state index contributed by atoms with van der Waals surface area (Å²) < 4.78 is 4.89. The summed E-state index contributed by atoms with van der Waals surface area (Å²) in [5, 5.41) is 6.04. The van der Waals surface area contributed by atoms with Crippen LogP contribution in [0.5, 0.6) is 6.01 Å². The molecule has 0 aromatic carbocycles. The first-order chi connectivity index (χ1) is 8.17. The van der Waals surface area contributed by atoms with Gasteiger partial charge in [-0.2, -0.15) is 15.0 Å². The summed E-state index contributed by atoms with van der Waals surface area (Å²) in [6.07, 6.45) is 0. The van der Waals surface area contributed by atoms with E-state index in [0.717, 1.165) is 10.7 Å². The molecule has 2 heterocycles. The summed E-state index contributed by atoms with van der Waals surface area (Å²) in [5.74, 6) is 0.370. The normalized spacial score (nSPS) is 10.3. The van der Waals surface area contributed by atoms with Crippen molar-refractivity contribution >= 4 is 28.9 Å². The van der Waals surface area contributed by atoms with Crippen LogP contribution in [-0.4, -0.2) is 27.0 Å². The molecule has 0 fully saturated rings. The Morgan fingerprint density at radius 2 is 2.18 bits per heavy atom. The number of halogens is 1. The van der Waals surface area contributed by atoms with Crippen molar-refractivity contribution in [1.82, 2.24) is 19.9 Å². The largest absolute Gasteiger partial charge is 0.467 e. The van der Waals surface area contributed by atoms with E-state index in [4.69, 9.17) is 16.3 Å². The van der Waals surface area contributed by atoms with Gasteiger partial charge in [0.1, 0.15) is 5.01 Å². The van der Waals surface area contributed by atoms with Gasteiger partial charge < -0.3 is 10.1 Å². The van der Waals surface area contributed by atoms with Crippen LogP contribution in [0.1, 0.15) is 10.7 Å². The van der Waals surface area contributed by atoms with Gasteiger partial charge in [-0.25, -0.2) is 4.98 Å². The topological polar surface area (TPSA) is 72.8 Å². The lowest BCUT2D eigenvalue weighted by atomic mass is 10.6. The summed E-state index contributed by atoms with van der Waals surface area (Å²) in [4.78, 5) is 16.0. The Labute approximate surface area is 107 Å². The number of thiazole rings is 1. The Hall–Kier alpha value is -1.47. The first-order valence-corrected chi connectivity index (χ1v) is 6.03. The van der Waals surface area contributed by atoms with Gasteiger partial charge in [0.2, 0.25) is 11.2 Å². The molecular weight excluding hydrogens is 262 g/mol. The molecule has 0 spiro atoms. The van der Waals surface area contributed by atoms with Crippen LogP contribution in [0.4, 0.5) is 5.95 Å². The number of rotatable bonds is 4. The maximum Gasteiger partial charge on any atom is 0.322 e. The van der Waals surface area contributed by atoms with E-state index in [9.17, 15) is 0 Å². The molecule has 0 atom stereocenters. The number of hydrogen-bond donors (Lipinski definition) is 1. The molecule has 2 aromatic rings. The summed E-state index contributed by atoms with van der Waals surface area (Å²) in [5.41, 5.74) is 0.998. The Kier molecular flexibility index (Phi) is 3.70. The molecule has 2 rings (SSSR count). The van der Waals surface area contributed by atoms with Gasteiger partial charge >= 0.3 is 6.01 Å². The molecule has 0 aliphatic rings. The summed E-state index contributed by atoms with van der Waals surface area (Å²) in [6.45, 7) is 2.49. The minimum absolute atomic E-state index is 0.0923. The molecule has 0 radical (unpaired) electrons. The molecule has 8 heteroatoms. The van der Waals surface area contributed by atoms with Crippen molar-refractivity contribution in [3.63, 3.8) is 0 Å². The summed E-state index contributed by atoms with van der Waals surface area (Å²) in [7, 11) is 1.47. The number of ether oxygens (including phenoxy) is 1. The predicted molar refractivity (Wildman–Crippen MR) is 65.6 cm³/mol. The Morgan fingerprint density at radius 1 is 1.35 bits per heavy atom. The van der Waals surface area contributed by atoms with Gasteiger partial charge in [0.15, 0.2) is 0 Å². The molecule has 6 nitrogen and oxygen atoms in total. The first-order valence-electron chi connectivity index (χ1n) is 4.78. The average molecular weight is 272 g/mol. The first kappa shape index (κ1) is 12.0. The number of methoxy groups -OCH3 is 1. The standard InChI is InChI=1S/C9H10ClN5OS/c1-5-4-17-6(12-5)3-11-8-13-7(10)14-9(15-8)16-2/h4H,3H2,1-2H3,(H,11,13,14,15). The van der Waals surface area contributed by atoms with Crippen LogP contribution in [0.3, 0.4) is 0 Å². The van der Waals surface area contributed by atoms with Crippen molar-refractivity contribution in [2.45, 2.75) is 13.5 Å². The van der Waals surface area contributed by atoms with Crippen molar-refractivity contribution in [3.05, 3.63) is 21.4 Å². The van der Waals surface area contributed by atoms with E-state index in [1.165, 1.54) is 7.11 Å². The third-order valence-electron chi connectivity index (χ3n) is 1.83. The maximum absolute atomic E-state index is 5.72. The smallest absolute Gasteiger partial charge is 0.322 e. The highest BCUT2D eigenvalue weighted by Gasteiger charge is 2.05. The van der Waals surface area contributed by atoms with E-state index in [-0.39, 0.29) is 11.3 Å².